The maximum atomic E-state index is 12.5. The quantitative estimate of drug-likeness (QED) is 0.535. The molecule has 136 valence electrons. The summed E-state index contributed by atoms with van der Waals surface area (Å²) in [7, 11) is 0. The van der Waals surface area contributed by atoms with Gasteiger partial charge in [-0.1, -0.05) is 24.3 Å². The highest BCUT2D eigenvalue weighted by molar-refractivity contribution is 5.63. The molecule has 27 heavy (non-hydrogen) atoms. The number of benzene rings is 2. The smallest absolute Gasteiger partial charge is 0.314 e. The molecule has 0 amide bonds. The molecule has 0 atom stereocenters. The molecule has 0 aliphatic carbocycles. The van der Waals surface area contributed by atoms with Gasteiger partial charge in [0.15, 0.2) is 0 Å². The van der Waals surface area contributed by atoms with Crippen LogP contribution in [0.2, 0.25) is 0 Å². The molecular formula is C19H15F2N5O. The third-order valence-electron chi connectivity index (χ3n) is 4.01. The van der Waals surface area contributed by atoms with Gasteiger partial charge in [-0.2, -0.15) is 8.78 Å². The molecule has 0 radical (unpaired) electrons. The van der Waals surface area contributed by atoms with Crippen LogP contribution in [0.15, 0.2) is 65.5 Å². The van der Waals surface area contributed by atoms with Gasteiger partial charge in [0.25, 0.3) is 5.89 Å². The SMILES string of the molecule is Nc1cccc(-c2cn(Cc3ccc(-c4nnc(C(F)F)o4)cc3)cn2)c1. The van der Waals surface area contributed by atoms with Crippen molar-refractivity contribution in [3.05, 3.63) is 72.5 Å². The van der Waals surface area contributed by atoms with Crippen LogP contribution < -0.4 is 5.73 Å². The molecule has 0 spiro atoms. The summed E-state index contributed by atoms with van der Waals surface area (Å²) in [4.78, 5) is 4.41. The Labute approximate surface area is 153 Å². The summed E-state index contributed by atoms with van der Waals surface area (Å²) in [5, 5.41) is 6.98. The molecule has 0 saturated carbocycles. The summed E-state index contributed by atoms with van der Waals surface area (Å²) in [6.07, 6.45) is 0.913. The largest absolute Gasteiger partial charge is 0.415 e. The third-order valence-corrected chi connectivity index (χ3v) is 4.01. The Kier molecular flexibility index (Phi) is 4.37. The first-order valence-electron chi connectivity index (χ1n) is 8.17. The highest BCUT2D eigenvalue weighted by Crippen LogP contribution is 2.24. The number of nitrogen functional groups attached to an aromatic ring is 1. The molecule has 0 unspecified atom stereocenters. The maximum absolute atomic E-state index is 12.5. The first-order valence-corrected chi connectivity index (χ1v) is 8.17. The Morgan fingerprint density at radius 3 is 2.56 bits per heavy atom. The van der Waals surface area contributed by atoms with E-state index >= 15 is 0 Å². The molecule has 8 heteroatoms. The van der Waals surface area contributed by atoms with Gasteiger partial charge in [-0.3, -0.25) is 0 Å². The lowest BCUT2D eigenvalue weighted by Crippen LogP contribution is -1.96. The number of nitrogens with two attached hydrogens (primary N) is 1. The minimum absolute atomic E-state index is 0.0726. The van der Waals surface area contributed by atoms with E-state index in [1.165, 1.54) is 0 Å². The number of aromatic nitrogens is 4. The van der Waals surface area contributed by atoms with Gasteiger partial charge in [-0.15, -0.1) is 10.2 Å². The number of hydrogen-bond donors (Lipinski definition) is 1. The van der Waals surface area contributed by atoms with Gasteiger partial charge in [0.2, 0.25) is 5.89 Å². The van der Waals surface area contributed by atoms with Gasteiger partial charge in [0.05, 0.1) is 12.0 Å². The highest BCUT2D eigenvalue weighted by atomic mass is 19.3. The minimum Gasteiger partial charge on any atom is -0.415 e. The number of nitrogens with zero attached hydrogens (tertiary/aromatic N) is 4. The molecule has 2 aromatic heterocycles. The van der Waals surface area contributed by atoms with Crippen LogP contribution in [0.1, 0.15) is 17.9 Å². The molecule has 0 aliphatic heterocycles. The van der Waals surface area contributed by atoms with Crippen molar-refractivity contribution in [2.45, 2.75) is 13.0 Å². The zero-order valence-corrected chi connectivity index (χ0v) is 14.1. The summed E-state index contributed by atoms with van der Waals surface area (Å²) in [5.41, 5.74) is 9.90. The number of rotatable bonds is 5. The Balaban J connectivity index is 1.49. The van der Waals surface area contributed by atoms with E-state index in [2.05, 4.69) is 15.2 Å². The second-order valence-electron chi connectivity index (χ2n) is 6.00. The molecule has 0 fully saturated rings. The lowest BCUT2D eigenvalue weighted by atomic mass is 10.1. The Morgan fingerprint density at radius 1 is 1.04 bits per heavy atom. The highest BCUT2D eigenvalue weighted by Gasteiger charge is 2.16. The van der Waals surface area contributed by atoms with Crippen LogP contribution in [-0.4, -0.2) is 19.7 Å². The van der Waals surface area contributed by atoms with E-state index in [1.807, 2.05) is 47.2 Å². The first kappa shape index (κ1) is 16.9. The summed E-state index contributed by atoms with van der Waals surface area (Å²) >= 11 is 0. The van der Waals surface area contributed by atoms with Gasteiger partial charge in [-0.05, 0) is 29.8 Å². The number of imidazole rings is 1. The van der Waals surface area contributed by atoms with E-state index in [-0.39, 0.29) is 5.89 Å². The standard InChI is InChI=1S/C19H15F2N5O/c20-17(21)19-25-24-18(27-19)13-6-4-12(5-7-13)9-26-10-16(23-11-26)14-2-1-3-15(22)8-14/h1-8,10-11,17H,9,22H2. The summed E-state index contributed by atoms with van der Waals surface area (Å²) in [6.45, 7) is 0.613. The third kappa shape index (κ3) is 3.69. The van der Waals surface area contributed by atoms with E-state index in [0.717, 1.165) is 16.8 Å². The molecule has 4 aromatic rings. The van der Waals surface area contributed by atoms with Crippen molar-refractivity contribution in [3.8, 4) is 22.7 Å². The van der Waals surface area contributed by atoms with Gasteiger partial charge in [0, 0.05) is 29.6 Å². The molecule has 4 rings (SSSR count). The van der Waals surface area contributed by atoms with Crippen molar-refractivity contribution in [2.24, 2.45) is 0 Å². The lowest BCUT2D eigenvalue weighted by Gasteiger charge is -2.03. The second-order valence-corrected chi connectivity index (χ2v) is 6.00. The van der Waals surface area contributed by atoms with E-state index in [4.69, 9.17) is 10.2 Å². The van der Waals surface area contributed by atoms with Crippen LogP contribution in [0.25, 0.3) is 22.7 Å². The van der Waals surface area contributed by atoms with Crippen molar-refractivity contribution in [1.82, 2.24) is 19.7 Å². The maximum Gasteiger partial charge on any atom is 0.314 e. The fraction of sp³-hybridized carbons (Fsp3) is 0.105. The van der Waals surface area contributed by atoms with Crippen molar-refractivity contribution < 1.29 is 13.2 Å². The summed E-state index contributed by atoms with van der Waals surface area (Å²) < 4.78 is 32.0. The van der Waals surface area contributed by atoms with Crippen molar-refractivity contribution in [1.29, 1.82) is 0 Å². The number of halogens is 2. The van der Waals surface area contributed by atoms with Crippen LogP contribution in [-0.2, 0) is 6.54 Å². The monoisotopic (exact) mass is 367 g/mol. The van der Waals surface area contributed by atoms with Gasteiger partial charge >= 0.3 is 6.43 Å². The van der Waals surface area contributed by atoms with Crippen LogP contribution in [0.3, 0.4) is 0 Å². The van der Waals surface area contributed by atoms with Crippen molar-refractivity contribution in [3.63, 3.8) is 0 Å². The van der Waals surface area contributed by atoms with E-state index in [1.54, 1.807) is 18.5 Å². The first-order chi connectivity index (χ1) is 13.1. The zero-order valence-electron chi connectivity index (χ0n) is 14.1. The summed E-state index contributed by atoms with van der Waals surface area (Å²) in [6, 6.07) is 14.8. The molecule has 0 saturated heterocycles. The number of hydrogen-bond acceptors (Lipinski definition) is 5. The molecule has 0 aliphatic rings. The molecule has 2 N–H and O–H groups in total. The molecule has 2 aromatic carbocycles. The van der Waals surface area contributed by atoms with Crippen LogP contribution in [0.5, 0.6) is 0 Å². The van der Waals surface area contributed by atoms with Crippen molar-refractivity contribution >= 4 is 5.69 Å². The average Bonchev–Trinajstić information content (AvgIpc) is 3.32. The molecular weight excluding hydrogens is 352 g/mol. The van der Waals surface area contributed by atoms with Crippen LogP contribution >= 0.6 is 0 Å². The topological polar surface area (TPSA) is 82.8 Å². The summed E-state index contributed by atoms with van der Waals surface area (Å²) in [5.74, 6) is -0.606. The number of anilines is 1. The number of alkyl halides is 2. The molecule has 0 bridgehead atoms. The van der Waals surface area contributed by atoms with E-state index in [0.29, 0.717) is 17.8 Å². The van der Waals surface area contributed by atoms with Crippen LogP contribution in [0, 0.1) is 0 Å². The Morgan fingerprint density at radius 2 is 1.85 bits per heavy atom. The van der Waals surface area contributed by atoms with E-state index in [9.17, 15) is 8.78 Å². The van der Waals surface area contributed by atoms with Gasteiger partial charge in [-0.25, -0.2) is 4.98 Å². The van der Waals surface area contributed by atoms with Gasteiger partial charge < -0.3 is 14.7 Å². The fourth-order valence-corrected chi connectivity index (χ4v) is 2.70. The van der Waals surface area contributed by atoms with Gasteiger partial charge in [0.1, 0.15) is 0 Å². The van der Waals surface area contributed by atoms with Crippen molar-refractivity contribution in [2.75, 3.05) is 5.73 Å². The zero-order chi connectivity index (χ0) is 18.8. The predicted molar refractivity (Wildman–Crippen MR) is 95.9 cm³/mol. The average molecular weight is 367 g/mol. The molecule has 2 heterocycles. The second kappa shape index (κ2) is 6.99. The van der Waals surface area contributed by atoms with E-state index < -0.39 is 12.3 Å². The molecule has 6 nitrogen and oxygen atoms in total. The fourth-order valence-electron chi connectivity index (χ4n) is 2.70. The normalized spacial score (nSPS) is 11.2. The lowest BCUT2D eigenvalue weighted by molar-refractivity contribution is 0.116. The Hall–Kier alpha value is -3.55. The minimum atomic E-state index is -2.78. The Bertz CT molecular complexity index is 1060. The van der Waals surface area contributed by atoms with Crippen LogP contribution in [0.4, 0.5) is 14.5 Å². The predicted octanol–water partition coefficient (Wildman–Crippen LogP) is 4.17.